The summed E-state index contributed by atoms with van der Waals surface area (Å²) >= 11 is 0. The van der Waals surface area contributed by atoms with E-state index in [1.165, 1.54) is 0 Å². The number of benzene rings is 2. The predicted octanol–water partition coefficient (Wildman–Crippen LogP) is 2.82. The van der Waals surface area contributed by atoms with Gasteiger partial charge in [0.2, 0.25) is 5.91 Å². The maximum Gasteiger partial charge on any atom is 0.255 e. The number of hydrogen-bond acceptors (Lipinski definition) is 3. The van der Waals surface area contributed by atoms with Gasteiger partial charge in [-0.15, -0.1) is 0 Å². The number of rotatable bonds is 3. The van der Waals surface area contributed by atoms with E-state index >= 15 is 0 Å². The number of carbonyl (C=O) groups is 2. The number of aromatic nitrogens is 1. The van der Waals surface area contributed by atoms with Gasteiger partial charge >= 0.3 is 0 Å². The third-order valence-corrected chi connectivity index (χ3v) is 6.29. The molecule has 0 unspecified atom stereocenters. The Balaban J connectivity index is 1.55. The minimum absolute atomic E-state index is 0.00934. The molecule has 1 N–H and O–H groups in total. The molecule has 5 rings (SSSR count). The number of carbonyl (C=O) groups excluding carboxylic acids is 2. The standard InChI is InChI=1S/C23H23N3O3/c1-23-21-18(17-5-3-4-6-19(17)24-21)11-12-26(23)20(27)14-25(22(23)28)13-15-7-9-16(29-2)10-8-15/h3-10,24H,11-14H2,1-2H3/t23-/m1/s1. The van der Waals surface area contributed by atoms with Crippen molar-refractivity contribution in [3.05, 3.63) is 65.4 Å². The summed E-state index contributed by atoms with van der Waals surface area (Å²) in [5.74, 6) is 0.716. The fourth-order valence-corrected chi connectivity index (χ4v) is 4.76. The fraction of sp³-hybridized carbons (Fsp3) is 0.304. The van der Waals surface area contributed by atoms with Gasteiger partial charge in [0.25, 0.3) is 5.91 Å². The number of nitrogens with one attached hydrogen (secondary N) is 1. The Labute approximate surface area is 169 Å². The molecule has 1 fully saturated rings. The van der Waals surface area contributed by atoms with Crippen LogP contribution in [-0.4, -0.2) is 46.8 Å². The second-order valence-electron chi connectivity index (χ2n) is 7.90. The third-order valence-electron chi connectivity index (χ3n) is 6.29. The van der Waals surface area contributed by atoms with Gasteiger partial charge in [0.15, 0.2) is 5.54 Å². The summed E-state index contributed by atoms with van der Waals surface area (Å²) in [5, 5.41) is 1.14. The van der Waals surface area contributed by atoms with Crippen LogP contribution < -0.4 is 4.74 Å². The van der Waals surface area contributed by atoms with Gasteiger partial charge in [0, 0.05) is 24.0 Å². The maximum atomic E-state index is 13.7. The molecule has 0 aliphatic carbocycles. The monoisotopic (exact) mass is 389 g/mol. The summed E-state index contributed by atoms with van der Waals surface area (Å²) in [6.07, 6.45) is 0.756. The molecule has 1 atom stereocenters. The Hall–Kier alpha value is -3.28. The maximum absolute atomic E-state index is 13.7. The van der Waals surface area contributed by atoms with Crippen molar-refractivity contribution < 1.29 is 14.3 Å². The Morgan fingerprint density at radius 3 is 2.62 bits per heavy atom. The first kappa shape index (κ1) is 17.8. The molecule has 3 aromatic rings. The van der Waals surface area contributed by atoms with Crippen LogP contribution >= 0.6 is 0 Å². The van der Waals surface area contributed by atoms with E-state index in [0.717, 1.165) is 39.9 Å². The van der Waals surface area contributed by atoms with Crippen molar-refractivity contribution in [1.29, 1.82) is 0 Å². The quantitative estimate of drug-likeness (QED) is 0.749. The number of para-hydroxylation sites is 1. The van der Waals surface area contributed by atoms with Gasteiger partial charge in [0.05, 0.1) is 12.8 Å². The number of piperazine rings is 1. The SMILES string of the molecule is COc1ccc(CN2CC(=O)N3CCc4c([nH]c5ccccc45)[C@]3(C)C2=O)cc1. The molecule has 0 bridgehead atoms. The molecule has 6 heteroatoms. The molecule has 1 saturated heterocycles. The summed E-state index contributed by atoms with van der Waals surface area (Å²) in [6, 6.07) is 15.7. The lowest BCUT2D eigenvalue weighted by atomic mass is 9.83. The average Bonchev–Trinajstić information content (AvgIpc) is 3.13. The Morgan fingerprint density at radius 1 is 1.10 bits per heavy atom. The van der Waals surface area contributed by atoms with Crippen LogP contribution in [-0.2, 0) is 28.1 Å². The highest BCUT2D eigenvalue weighted by molar-refractivity contribution is 6.00. The highest BCUT2D eigenvalue weighted by Gasteiger charge is 2.54. The van der Waals surface area contributed by atoms with Crippen LogP contribution in [0, 0.1) is 0 Å². The van der Waals surface area contributed by atoms with E-state index in [-0.39, 0.29) is 18.4 Å². The zero-order valence-electron chi connectivity index (χ0n) is 16.6. The van der Waals surface area contributed by atoms with E-state index < -0.39 is 5.54 Å². The molecule has 2 aromatic carbocycles. The van der Waals surface area contributed by atoms with Gasteiger partial charge in [0.1, 0.15) is 12.3 Å². The van der Waals surface area contributed by atoms with Crippen molar-refractivity contribution >= 4 is 22.7 Å². The first-order valence-corrected chi connectivity index (χ1v) is 9.85. The number of H-pyrrole nitrogens is 1. The van der Waals surface area contributed by atoms with Crippen molar-refractivity contribution in [3.8, 4) is 5.75 Å². The number of fused-ring (bicyclic) bond motifs is 5. The fourth-order valence-electron chi connectivity index (χ4n) is 4.76. The van der Waals surface area contributed by atoms with Crippen LogP contribution in [0.5, 0.6) is 5.75 Å². The minimum atomic E-state index is -1.01. The third kappa shape index (κ3) is 2.55. The van der Waals surface area contributed by atoms with Gasteiger partial charge in [-0.3, -0.25) is 9.59 Å². The van der Waals surface area contributed by atoms with E-state index in [0.29, 0.717) is 13.1 Å². The van der Waals surface area contributed by atoms with Crippen LogP contribution in [0.15, 0.2) is 48.5 Å². The Morgan fingerprint density at radius 2 is 1.86 bits per heavy atom. The largest absolute Gasteiger partial charge is 0.497 e. The summed E-state index contributed by atoms with van der Waals surface area (Å²) in [4.78, 5) is 33.5. The molecule has 2 aliphatic heterocycles. The van der Waals surface area contributed by atoms with Crippen molar-refractivity contribution in [2.75, 3.05) is 20.2 Å². The zero-order valence-corrected chi connectivity index (χ0v) is 16.6. The molecular weight excluding hydrogens is 366 g/mol. The highest BCUT2D eigenvalue weighted by Crippen LogP contribution is 2.42. The molecule has 29 heavy (non-hydrogen) atoms. The van der Waals surface area contributed by atoms with Gasteiger partial charge in [-0.05, 0) is 42.7 Å². The zero-order chi connectivity index (χ0) is 20.2. The normalized spacial score (nSPS) is 21.3. The molecule has 1 aromatic heterocycles. The molecule has 2 amide bonds. The molecule has 2 aliphatic rings. The van der Waals surface area contributed by atoms with Crippen molar-refractivity contribution in [2.24, 2.45) is 0 Å². The van der Waals surface area contributed by atoms with E-state index in [1.807, 2.05) is 49.4 Å². The molecular formula is C23H23N3O3. The second kappa shape index (κ2) is 6.37. The molecule has 0 radical (unpaired) electrons. The van der Waals surface area contributed by atoms with Crippen LogP contribution in [0.2, 0.25) is 0 Å². The van der Waals surface area contributed by atoms with Crippen molar-refractivity contribution in [1.82, 2.24) is 14.8 Å². The van der Waals surface area contributed by atoms with Crippen LogP contribution in [0.1, 0.15) is 23.7 Å². The lowest BCUT2D eigenvalue weighted by Crippen LogP contribution is -2.66. The molecule has 6 nitrogen and oxygen atoms in total. The van der Waals surface area contributed by atoms with E-state index in [4.69, 9.17) is 4.74 Å². The number of ether oxygens (including phenoxy) is 1. The van der Waals surface area contributed by atoms with Gasteiger partial charge in [-0.2, -0.15) is 0 Å². The predicted molar refractivity (Wildman–Crippen MR) is 109 cm³/mol. The minimum Gasteiger partial charge on any atom is -0.497 e. The van der Waals surface area contributed by atoms with Gasteiger partial charge in [-0.1, -0.05) is 30.3 Å². The summed E-state index contributed by atoms with van der Waals surface area (Å²) < 4.78 is 5.21. The number of nitrogens with zero attached hydrogens (tertiary/aromatic N) is 2. The molecule has 3 heterocycles. The van der Waals surface area contributed by atoms with Crippen molar-refractivity contribution in [2.45, 2.75) is 25.4 Å². The first-order valence-electron chi connectivity index (χ1n) is 9.85. The topological polar surface area (TPSA) is 65.6 Å². The summed E-state index contributed by atoms with van der Waals surface area (Å²) in [6.45, 7) is 2.94. The molecule has 148 valence electrons. The number of aromatic amines is 1. The lowest BCUT2D eigenvalue weighted by molar-refractivity contribution is -0.166. The van der Waals surface area contributed by atoms with E-state index in [9.17, 15) is 9.59 Å². The average molecular weight is 389 g/mol. The Kier molecular flexibility index (Phi) is 3.91. The van der Waals surface area contributed by atoms with Crippen LogP contribution in [0.25, 0.3) is 10.9 Å². The van der Waals surface area contributed by atoms with Crippen LogP contribution in [0.4, 0.5) is 0 Å². The van der Waals surface area contributed by atoms with E-state index in [2.05, 4.69) is 11.1 Å². The number of methoxy groups -OCH3 is 1. The number of hydrogen-bond donors (Lipinski definition) is 1. The Bertz CT molecular complexity index is 1120. The number of amides is 2. The molecule has 0 spiro atoms. The van der Waals surface area contributed by atoms with Gasteiger partial charge < -0.3 is 19.5 Å². The molecule has 0 saturated carbocycles. The summed E-state index contributed by atoms with van der Waals surface area (Å²) in [5.41, 5.74) is 2.97. The first-order chi connectivity index (χ1) is 14.0. The smallest absolute Gasteiger partial charge is 0.255 e. The second-order valence-corrected chi connectivity index (χ2v) is 7.90. The van der Waals surface area contributed by atoms with Crippen molar-refractivity contribution in [3.63, 3.8) is 0 Å². The van der Waals surface area contributed by atoms with Crippen LogP contribution in [0.3, 0.4) is 0 Å². The van der Waals surface area contributed by atoms with Gasteiger partial charge in [-0.25, -0.2) is 0 Å². The lowest BCUT2D eigenvalue weighted by Gasteiger charge is -2.49. The highest BCUT2D eigenvalue weighted by atomic mass is 16.5. The van der Waals surface area contributed by atoms with E-state index in [1.54, 1.807) is 16.9 Å². The summed E-state index contributed by atoms with van der Waals surface area (Å²) in [7, 11) is 1.62.